The highest BCUT2D eigenvalue weighted by Crippen LogP contribution is 2.43. The Bertz CT molecular complexity index is 2810. The van der Waals surface area contributed by atoms with Crippen LogP contribution in [0.1, 0.15) is 174 Å². The zero-order chi connectivity index (χ0) is 58.4. The predicted octanol–water partition coefficient (Wildman–Crippen LogP) is 16.5. The minimum Gasteiger partial charge on any atom is -0.493 e. The Kier molecular flexibility index (Phi) is 23.5. The fourth-order valence-electron chi connectivity index (χ4n) is 10.3. The summed E-state index contributed by atoms with van der Waals surface area (Å²) in [6.45, 7) is 17.4. The molecule has 0 saturated heterocycles. The van der Waals surface area contributed by atoms with Gasteiger partial charge in [0.25, 0.3) is 0 Å². The molecule has 0 unspecified atom stereocenters. The van der Waals surface area contributed by atoms with E-state index in [4.69, 9.17) is 18.9 Å². The molecular formula is C68H86N6O8. The van der Waals surface area contributed by atoms with E-state index in [1.54, 1.807) is 0 Å². The van der Waals surface area contributed by atoms with Crippen molar-refractivity contribution >= 4 is 58.0 Å². The van der Waals surface area contributed by atoms with Gasteiger partial charge in [0.1, 0.15) is 23.0 Å². The normalized spacial score (nSPS) is 11.7. The molecule has 82 heavy (non-hydrogen) atoms. The highest BCUT2D eigenvalue weighted by Gasteiger charge is 2.26. The lowest BCUT2D eigenvalue weighted by Crippen LogP contribution is -2.20. The van der Waals surface area contributed by atoms with Crippen LogP contribution in [0.4, 0.5) is 43.7 Å². The third-order valence-electron chi connectivity index (χ3n) is 14.2. The van der Waals surface area contributed by atoms with Crippen molar-refractivity contribution in [2.24, 2.45) is 0 Å². The molecule has 0 saturated carbocycles. The molecule has 0 radical (unpaired) electrons. The Morgan fingerprint density at radius 3 is 0.768 bits per heavy atom. The molecule has 6 aromatic carbocycles. The third kappa shape index (κ3) is 18.5. The van der Waals surface area contributed by atoms with Crippen molar-refractivity contribution in [1.29, 1.82) is 0 Å². The number of carbonyl (C=O) groups excluding carboxylic acids is 4. The SMILES string of the molecule is CCCCCOc1c2cc(NC(C)=O)cc1Cc1cc(NC(=O)Nc3ccc(C)cc3)cc(c1OCCCCC)Cc1cc(NC(C)=O)cc(c1OCCCCC)Cc1cc(NC(=O)Nc3ccc(C)cc3)cc(c1OCCCCC)C2. The number of unbranched alkanes of at least 4 members (excludes halogenated alkanes) is 8. The van der Waals surface area contributed by atoms with E-state index in [0.717, 1.165) is 133 Å². The summed E-state index contributed by atoms with van der Waals surface area (Å²) >= 11 is 0. The van der Waals surface area contributed by atoms with Gasteiger partial charge in [0.15, 0.2) is 0 Å². The second kappa shape index (κ2) is 31.3. The minimum atomic E-state index is -0.417. The van der Waals surface area contributed by atoms with Gasteiger partial charge in [-0.15, -0.1) is 0 Å². The maximum Gasteiger partial charge on any atom is 0.323 e. The van der Waals surface area contributed by atoms with E-state index in [1.807, 2.05) is 111 Å². The Morgan fingerprint density at radius 2 is 0.549 bits per heavy atom. The lowest BCUT2D eigenvalue weighted by atomic mass is 9.90. The van der Waals surface area contributed by atoms with E-state index in [-0.39, 0.29) is 37.5 Å². The van der Waals surface area contributed by atoms with Crippen molar-refractivity contribution in [1.82, 2.24) is 0 Å². The van der Waals surface area contributed by atoms with Gasteiger partial charge in [0.2, 0.25) is 11.8 Å². The number of hydrogen-bond acceptors (Lipinski definition) is 8. The highest BCUT2D eigenvalue weighted by atomic mass is 16.5. The molecule has 0 aliphatic heterocycles. The van der Waals surface area contributed by atoms with Crippen molar-refractivity contribution in [3.8, 4) is 23.0 Å². The molecule has 8 bridgehead atoms. The first-order chi connectivity index (χ1) is 39.7. The van der Waals surface area contributed by atoms with Crippen LogP contribution in [0.5, 0.6) is 23.0 Å². The van der Waals surface area contributed by atoms with Gasteiger partial charge in [-0.3, -0.25) is 9.59 Å². The highest BCUT2D eigenvalue weighted by molar-refractivity contribution is 6.01. The first-order valence-corrected chi connectivity index (χ1v) is 29.7. The molecule has 0 heterocycles. The summed E-state index contributed by atoms with van der Waals surface area (Å²) in [4.78, 5) is 54.3. The first kappa shape index (κ1) is 61.6. The summed E-state index contributed by atoms with van der Waals surface area (Å²) in [5.74, 6) is 2.17. The van der Waals surface area contributed by atoms with Crippen molar-refractivity contribution in [2.45, 2.75) is 158 Å². The molecule has 0 fully saturated rings. The fraction of sp³-hybridized carbons (Fsp3) is 0.412. The van der Waals surface area contributed by atoms with Gasteiger partial charge >= 0.3 is 12.1 Å². The molecule has 14 heteroatoms. The van der Waals surface area contributed by atoms with Crippen LogP contribution in [0.25, 0.3) is 0 Å². The standard InChI is InChI=1S/C68H86N6O8/c1-9-13-17-29-79-63-49-33-53-41-61(73-67(77)71-57-25-21-45(5)22-26-57)43-55(65(53)81-31-19-15-11-3)35-51-39-60(70-48(8)76)40-52(64(51)80-30-18-14-10-2)36-56-44-62(74-68(78)72-58-27-23-46(6)24-28-58)42-54(66(56)82-32-20-16-12-4)34-50(63)38-59(37-49)69-47(7)75/h21-28,37-44H,9-20,29-36H2,1-8H3,(H,69,75)(H,70,76)(H2,71,73,77)(H2,72,74,78). The number of benzene rings is 6. The molecule has 436 valence electrons. The Hall–Kier alpha value is -8.00. The number of rotatable bonds is 26. The number of fused-ring (bicyclic) bond motifs is 8. The molecule has 0 aromatic heterocycles. The topological polar surface area (TPSA) is 177 Å². The van der Waals surface area contributed by atoms with Gasteiger partial charge in [-0.2, -0.15) is 0 Å². The minimum absolute atomic E-state index is 0.232. The smallest absolute Gasteiger partial charge is 0.323 e. The van der Waals surface area contributed by atoms with Crippen LogP contribution in [0.3, 0.4) is 0 Å². The second-order valence-electron chi connectivity index (χ2n) is 21.7. The average molecular weight is 1120 g/mol. The first-order valence-electron chi connectivity index (χ1n) is 29.7. The Balaban J connectivity index is 1.54. The van der Waals surface area contributed by atoms with Crippen LogP contribution < -0.4 is 50.8 Å². The summed E-state index contributed by atoms with van der Waals surface area (Å²) in [6.07, 6.45) is 12.3. The molecule has 0 atom stereocenters. The van der Waals surface area contributed by atoms with Gasteiger partial charge in [0.05, 0.1) is 26.4 Å². The van der Waals surface area contributed by atoms with Crippen LogP contribution in [-0.2, 0) is 35.3 Å². The zero-order valence-corrected chi connectivity index (χ0v) is 49.6. The van der Waals surface area contributed by atoms with E-state index in [9.17, 15) is 19.2 Å². The van der Waals surface area contributed by atoms with E-state index >= 15 is 0 Å². The van der Waals surface area contributed by atoms with E-state index in [2.05, 4.69) is 59.6 Å². The van der Waals surface area contributed by atoms with Gasteiger partial charge < -0.3 is 50.8 Å². The second-order valence-corrected chi connectivity index (χ2v) is 21.7. The molecule has 1 aliphatic carbocycles. The molecule has 6 aromatic rings. The molecule has 7 rings (SSSR count). The lowest BCUT2D eigenvalue weighted by molar-refractivity contribution is -0.115. The molecular weight excluding hydrogens is 1030 g/mol. The molecule has 1 aliphatic rings. The molecule has 6 N–H and O–H groups in total. The van der Waals surface area contributed by atoms with Gasteiger partial charge in [-0.25, -0.2) is 9.59 Å². The summed E-state index contributed by atoms with van der Waals surface area (Å²) < 4.78 is 28.0. The summed E-state index contributed by atoms with van der Waals surface area (Å²) in [5, 5.41) is 18.6. The monoisotopic (exact) mass is 1110 g/mol. The largest absolute Gasteiger partial charge is 0.493 e. The van der Waals surface area contributed by atoms with Gasteiger partial charge in [0, 0.05) is 118 Å². The van der Waals surface area contributed by atoms with Gasteiger partial charge in [-0.05, 0) is 112 Å². The fourth-order valence-corrected chi connectivity index (χ4v) is 10.3. The quantitative estimate of drug-likeness (QED) is 0.0290. The van der Waals surface area contributed by atoms with Crippen LogP contribution in [0, 0.1) is 13.8 Å². The number of urea groups is 2. The molecule has 14 nitrogen and oxygen atoms in total. The van der Waals surface area contributed by atoms with Crippen molar-refractivity contribution in [2.75, 3.05) is 58.3 Å². The molecule has 0 spiro atoms. The maximum atomic E-state index is 14.1. The Labute approximate surface area is 486 Å². The van der Waals surface area contributed by atoms with Crippen LogP contribution >= 0.6 is 0 Å². The lowest BCUT2D eigenvalue weighted by Gasteiger charge is -2.25. The number of aryl methyl sites for hydroxylation is 2. The number of carbonyl (C=O) groups is 4. The van der Waals surface area contributed by atoms with E-state index in [1.165, 1.54) is 13.8 Å². The van der Waals surface area contributed by atoms with E-state index in [0.29, 0.717) is 83.5 Å². The van der Waals surface area contributed by atoms with Crippen LogP contribution in [-0.4, -0.2) is 50.3 Å². The predicted molar refractivity (Wildman–Crippen MR) is 333 cm³/mol. The van der Waals surface area contributed by atoms with Crippen molar-refractivity contribution < 1.29 is 38.1 Å². The number of nitrogens with one attached hydrogen (secondary N) is 6. The zero-order valence-electron chi connectivity index (χ0n) is 49.6. The third-order valence-corrected chi connectivity index (χ3v) is 14.2. The average Bonchev–Trinajstić information content (AvgIpc) is 3.61. The summed E-state index contributed by atoms with van der Waals surface area (Å²) in [5.41, 5.74) is 12.0. The Morgan fingerprint density at radius 1 is 0.329 bits per heavy atom. The maximum absolute atomic E-state index is 14.1. The summed E-state index contributed by atoms with van der Waals surface area (Å²) in [7, 11) is 0. The van der Waals surface area contributed by atoms with Crippen molar-refractivity contribution in [3.05, 3.63) is 153 Å². The number of ether oxygens (including phenoxy) is 4. The number of anilines is 6. The summed E-state index contributed by atoms with van der Waals surface area (Å²) in [6, 6.07) is 30.2. The van der Waals surface area contributed by atoms with E-state index < -0.39 is 12.1 Å². The van der Waals surface area contributed by atoms with Gasteiger partial charge in [-0.1, -0.05) is 114 Å². The van der Waals surface area contributed by atoms with Crippen LogP contribution in [0.15, 0.2) is 97.1 Å². The van der Waals surface area contributed by atoms with Crippen LogP contribution in [0.2, 0.25) is 0 Å². The van der Waals surface area contributed by atoms with Crippen molar-refractivity contribution in [3.63, 3.8) is 0 Å². The number of amides is 6. The molecule has 6 amide bonds. The number of hydrogen-bond donors (Lipinski definition) is 6.